The van der Waals surface area contributed by atoms with E-state index in [1.54, 1.807) is 29.7 Å². The van der Waals surface area contributed by atoms with E-state index < -0.39 is 0 Å². The van der Waals surface area contributed by atoms with Crippen molar-refractivity contribution >= 4 is 26.4 Å². The summed E-state index contributed by atoms with van der Waals surface area (Å²) < 4.78 is 4.99. The second-order valence-corrected chi connectivity index (χ2v) is 2.81. The van der Waals surface area contributed by atoms with Crippen LogP contribution in [0.1, 0.15) is 13.3 Å². The fourth-order valence-electron chi connectivity index (χ4n) is 0.309. The predicted molar refractivity (Wildman–Crippen MR) is 40.1 cm³/mol. The van der Waals surface area contributed by atoms with Crippen LogP contribution >= 0.6 is 22.6 Å². The Hall–Kier alpha value is 0.360. The standard InChI is InChI=1S/C5H9IO2/c1-4(8-2)3-5(6)7/h4H,3H2,1-2H3. The summed E-state index contributed by atoms with van der Waals surface area (Å²) in [5.74, 6) is 0. The molecule has 1 atom stereocenters. The van der Waals surface area contributed by atoms with Crippen LogP contribution in [0.15, 0.2) is 0 Å². The van der Waals surface area contributed by atoms with Crippen molar-refractivity contribution in [1.29, 1.82) is 0 Å². The molecule has 0 spiro atoms. The molecular weight excluding hydrogens is 219 g/mol. The zero-order valence-corrected chi connectivity index (χ0v) is 7.14. The molecule has 0 aromatic heterocycles. The van der Waals surface area contributed by atoms with Gasteiger partial charge in [-0.1, -0.05) is 0 Å². The third kappa shape index (κ3) is 4.52. The Morgan fingerprint density at radius 2 is 2.38 bits per heavy atom. The molecule has 0 rings (SSSR count). The van der Waals surface area contributed by atoms with Gasteiger partial charge in [-0.25, -0.2) is 0 Å². The molecule has 0 N–H and O–H groups in total. The van der Waals surface area contributed by atoms with E-state index in [0.29, 0.717) is 6.42 Å². The maximum Gasteiger partial charge on any atom is 0.194 e. The monoisotopic (exact) mass is 228 g/mol. The first-order valence-electron chi connectivity index (χ1n) is 2.38. The molecular formula is C5H9IO2. The van der Waals surface area contributed by atoms with Crippen molar-refractivity contribution in [3.8, 4) is 0 Å². The number of rotatable bonds is 3. The SMILES string of the molecule is COC(C)CC(=O)I. The van der Waals surface area contributed by atoms with E-state index in [2.05, 4.69) is 0 Å². The van der Waals surface area contributed by atoms with Crippen LogP contribution in [0.3, 0.4) is 0 Å². The van der Waals surface area contributed by atoms with Crippen LogP contribution in [-0.2, 0) is 9.53 Å². The van der Waals surface area contributed by atoms with E-state index in [9.17, 15) is 4.79 Å². The van der Waals surface area contributed by atoms with Crippen molar-refractivity contribution in [2.24, 2.45) is 0 Å². The molecule has 0 aliphatic heterocycles. The maximum atomic E-state index is 10.3. The van der Waals surface area contributed by atoms with Crippen LogP contribution in [0.4, 0.5) is 0 Å². The lowest BCUT2D eigenvalue weighted by Gasteiger charge is -2.03. The number of hydrogen-bond donors (Lipinski definition) is 0. The summed E-state index contributed by atoms with van der Waals surface area (Å²) in [7, 11) is 1.60. The molecule has 0 aliphatic carbocycles. The minimum absolute atomic E-state index is 0.0689. The van der Waals surface area contributed by atoms with E-state index in [0.717, 1.165) is 0 Å². The van der Waals surface area contributed by atoms with E-state index in [1.165, 1.54) is 0 Å². The highest BCUT2D eigenvalue weighted by Crippen LogP contribution is 2.00. The van der Waals surface area contributed by atoms with Crippen molar-refractivity contribution < 1.29 is 9.53 Å². The Morgan fingerprint density at radius 1 is 1.88 bits per heavy atom. The van der Waals surface area contributed by atoms with Gasteiger partial charge in [0, 0.05) is 13.5 Å². The largest absolute Gasteiger partial charge is 0.381 e. The lowest BCUT2D eigenvalue weighted by molar-refractivity contribution is -0.111. The van der Waals surface area contributed by atoms with Gasteiger partial charge in [0.15, 0.2) is 3.79 Å². The quantitative estimate of drug-likeness (QED) is 0.538. The van der Waals surface area contributed by atoms with Crippen molar-refractivity contribution in [2.75, 3.05) is 7.11 Å². The maximum absolute atomic E-state index is 10.3. The van der Waals surface area contributed by atoms with Crippen molar-refractivity contribution in [1.82, 2.24) is 0 Å². The second kappa shape index (κ2) is 4.26. The molecule has 0 aromatic carbocycles. The summed E-state index contributed by atoms with van der Waals surface area (Å²) in [4.78, 5) is 10.3. The first-order valence-corrected chi connectivity index (χ1v) is 3.45. The van der Waals surface area contributed by atoms with E-state index >= 15 is 0 Å². The molecule has 2 nitrogen and oxygen atoms in total. The highest BCUT2D eigenvalue weighted by atomic mass is 127. The minimum atomic E-state index is 0.0689. The van der Waals surface area contributed by atoms with E-state index in [-0.39, 0.29) is 9.89 Å². The van der Waals surface area contributed by atoms with Gasteiger partial charge in [-0.05, 0) is 29.5 Å². The van der Waals surface area contributed by atoms with Crippen molar-refractivity contribution in [3.63, 3.8) is 0 Å². The Morgan fingerprint density at radius 3 is 2.50 bits per heavy atom. The highest BCUT2D eigenvalue weighted by Gasteiger charge is 2.02. The number of ether oxygens (including phenoxy) is 1. The Balaban J connectivity index is 3.24. The summed E-state index contributed by atoms with van der Waals surface area (Å²) in [6.45, 7) is 1.87. The van der Waals surface area contributed by atoms with Gasteiger partial charge in [0.2, 0.25) is 0 Å². The van der Waals surface area contributed by atoms with Crippen LogP contribution in [0.2, 0.25) is 0 Å². The molecule has 1 unspecified atom stereocenters. The predicted octanol–water partition coefficient (Wildman–Crippen LogP) is 1.37. The zero-order chi connectivity index (χ0) is 6.57. The summed E-state index contributed by atoms with van der Waals surface area (Å²) >= 11 is 1.76. The molecule has 0 aliphatic rings. The molecule has 0 radical (unpaired) electrons. The number of carbonyl (C=O) groups excluding carboxylic acids is 1. The molecule has 3 heteroatoms. The molecule has 0 bridgehead atoms. The molecule has 0 aromatic rings. The Kier molecular flexibility index (Phi) is 4.45. The highest BCUT2D eigenvalue weighted by molar-refractivity contribution is 14.1. The number of halogens is 1. The third-order valence-electron chi connectivity index (χ3n) is 0.850. The molecule has 0 saturated carbocycles. The van der Waals surface area contributed by atoms with Gasteiger partial charge in [0.25, 0.3) is 0 Å². The van der Waals surface area contributed by atoms with Crippen LogP contribution in [0.5, 0.6) is 0 Å². The van der Waals surface area contributed by atoms with Gasteiger partial charge >= 0.3 is 0 Å². The zero-order valence-electron chi connectivity index (χ0n) is 4.98. The van der Waals surface area contributed by atoms with Crippen LogP contribution in [-0.4, -0.2) is 17.0 Å². The molecule has 0 amide bonds. The van der Waals surface area contributed by atoms with Gasteiger partial charge in [0.05, 0.1) is 6.10 Å². The summed E-state index contributed by atoms with van der Waals surface area (Å²) in [5, 5.41) is 0. The first-order chi connectivity index (χ1) is 3.66. The lowest BCUT2D eigenvalue weighted by atomic mass is 10.3. The average molecular weight is 228 g/mol. The van der Waals surface area contributed by atoms with Crippen LogP contribution in [0, 0.1) is 0 Å². The first kappa shape index (κ1) is 8.36. The van der Waals surface area contributed by atoms with Gasteiger partial charge in [-0.3, -0.25) is 4.79 Å². The van der Waals surface area contributed by atoms with E-state index in [4.69, 9.17) is 4.74 Å². The minimum Gasteiger partial charge on any atom is -0.381 e. The summed E-state index contributed by atoms with van der Waals surface area (Å²) in [5.41, 5.74) is 0. The molecule has 8 heavy (non-hydrogen) atoms. The number of methoxy groups -OCH3 is 1. The van der Waals surface area contributed by atoms with E-state index in [1.807, 2.05) is 6.92 Å². The number of carbonyl (C=O) groups is 1. The molecule has 48 valence electrons. The topological polar surface area (TPSA) is 26.3 Å². The van der Waals surface area contributed by atoms with Gasteiger partial charge in [-0.2, -0.15) is 0 Å². The fraction of sp³-hybridized carbons (Fsp3) is 0.800. The second-order valence-electron chi connectivity index (χ2n) is 1.61. The molecule has 0 fully saturated rings. The summed E-state index contributed by atoms with van der Waals surface area (Å²) in [6, 6.07) is 0. The van der Waals surface area contributed by atoms with Crippen LogP contribution in [0.25, 0.3) is 0 Å². The Labute approximate surface area is 62.7 Å². The molecule has 0 heterocycles. The van der Waals surface area contributed by atoms with Gasteiger partial charge < -0.3 is 4.74 Å². The van der Waals surface area contributed by atoms with Gasteiger partial charge in [0.1, 0.15) is 0 Å². The van der Waals surface area contributed by atoms with Crippen molar-refractivity contribution in [3.05, 3.63) is 0 Å². The molecule has 0 saturated heterocycles. The summed E-state index contributed by atoms with van der Waals surface area (Å²) in [6.07, 6.45) is 0.580. The number of hydrogen-bond acceptors (Lipinski definition) is 2. The lowest BCUT2D eigenvalue weighted by Crippen LogP contribution is -2.07. The van der Waals surface area contributed by atoms with Crippen molar-refractivity contribution in [2.45, 2.75) is 19.4 Å². The Bertz CT molecular complexity index is 82.5. The van der Waals surface area contributed by atoms with Gasteiger partial charge in [-0.15, -0.1) is 0 Å². The smallest absolute Gasteiger partial charge is 0.194 e. The third-order valence-corrected chi connectivity index (χ3v) is 1.29. The fourth-order valence-corrected chi connectivity index (χ4v) is 0.930. The normalized spacial score (nSPS) is 13.4. The van der Waals surface area contributed by atoms with Crippen LogP contribution < -0.4 is 0 Å². The average Bonchev–Trinajstić information content (AvgIpc) is 1.65.